The number of hydrogen-bond acceptors (Lipinski definition) is 5. The summed E-state index contributed by atoms with van der Waals surface area (Å²) in [7, 11) is 1.66. The van der Waals surface area contributed by atoms with Gasteiger partial charge >= 0.3 is 0 Å². The molecule has 3 heterocycles. The molecule has 6 heteroatoms. The molecule has 1 aliphatic rings. The fourth-order valence-corrected chi connectivity index (χ4v) is 3.13. The lowest BCUT2D eigenvalue weighted by Crippen LogP contribution is -2.30. The molecule has 0 amide bonds. The van der Waals surface area contributed by atoms with E-state index in [0.717, 1.165) is 18.2 Å². The van der Waals surface area contributed by atoms with Crippen LogP contribution in [0.2, 0.25) is 0 Å². The Morgan fingerprint density at radius 2 is 2.50 bits per heavy atom. The summed E-state index contributed by atoms with van der Waals surface area (Å²) >= 11 is 1.77. The normalized spacial score (nSPS) is 22.6. The Kier molecular flexibility index (Phi) is 3.05. The van der Waals surface area contributed by atoms with Gasteiger partial charge in [0.05, 0.1) is 6.04 Å². The van der Waals surface area contributed by atoms with E-state index in [4.69, 9.17) is 4.74 Å². The summed E-state index contributed by atoms with van der Waals surface area (Å²) in [6.07, 6.45) is 1.03. The van der Waals surface area contributed by atoms with Gasteiger partial charge in [0, 0.05) is 18.0 Å². The van der Waals surface area contributed by atoms with Crippen LogP contribution in [0.1, 0.15) is 30.1 Å². The fourth-order valence-electron chi connectivity index (χ4n) is 2.31. The maximum atomic E-state index is 5.09. The van der Waals surface area contributed by atoms with E-state index < -0.39 is 0 Å². The van der Waals surface area contributed by atoms with Gasteiger partial charge in [-0.05, 0) is 24.8 Å². The smallest absolute Gasteiger partial charge is 0.222 e. The van der Waals surface area contributed by atoms with Crippen LogP contribution in [-0.2, 0) is 11.3 Å². The predicted molar refractivity (Wildman–Crippen MR) is 70.9 cm³/mol. The fraction of sp³-hybridized carbons (Fsp3) is 0.500. The van der Waals surface area contributed by atoms with Crippen molar-refractivity contribution < 1.29 is 4.74 Å². The molecule has 0 spiro atoms. The van der Waals surface area contributed by atoms with E-state index in [-0.39, 0.29) is 6.04 Å². The summed E-state index contributed by atoms with van der Waals surface area (Å²) in [5.74, 6) is 1.58. The van der Waals surface area contributed by atoms with Gasteiger partial charge in [-0.15, -0.1) is 11.3 Å². The van der Waals surface area contributed by atoms with E-state index in [2.05, 4.69) is 39.8 Å². The van der Waals surface area contributed by atoms with E-state index >= 15 is 0 Å². The van der Waals surface area contributed by atoms with Gasteiger partial charge < -0.3 is 10.1 Å². The van der Waals surface area contributed by atoms with Crippen molar-refractivity contribution in [1.82, 2.24) is 14.8 Å². The number of nitrogens with zero attached hydrogens (tertiary/aromatic N) is 3. The number of nitrogens with one attached hydrogen (secondary N) is 1. The van der Waals surface area contributed by atoms with Crippen molar-refractivity contribution in [3.05, 3.63) is 28.2 Å². The van der Waals surface area contributed by atoms with Crippen LogP contribution in [0.15, 0.2) is 17.5 Å². The molecule has 2 atom stereocenters. The molecular formula is C12H16N4OS. The predicted octanol–water partition coefficient (Wildman–Crippen LogP) is 2.28. The van der Waals surface area contributed by atoms with Crippen LogP contribution in [0.4, 0.5) is 5.95 Å². The van der Waals surface area contributed by atoms with Crippen molar-refractivity contribution in [3.63, 3.8) is 0 Å². The molecule has 1 N–H and O–H groups in total. The monoisotopic (exact) mass is 264 g/mol. The molecule has 0 bridgehead atoms. The zero-order chi connectivity index (χ0) is 12.5. The highest BCUT2D eigenvalue weighted by Crippen LogP contribution is 2.33. The van der Waals surface area contributed by atoms with E-state index in [9.17, 15) is 0 Å². The average molecular weight is 264 g/mol. The Hall–Kier alpha value is -1.40. The first-order valence-electron chi connectivity index (χ1n) is 6.02. The lowest BCUT2D eigenvalue weighted by Gasteiger charge is -2.28. The largest absolute Gasteiger partial charge is 0.377 e. The van der Waals surface area contributed by atoms with Gasteiger partial charge in [0.1, 0.15) is 6.61 Å². The van der Waals surface area contributed by atoms with Crippen LogP contribution >= 0.6 is 11.3 Å². The minimum absolute atomic E-state index is 0.286. The third kappa shape index (κ3) is 2.02. The molecule has 96 valence electrons. The molecule has 0 radical (unpaired) electrons. The molecule has 2 aromatic rings. The lowest BCUT2D eigenvalue weighted by atomic mass is 10.1. The highest BCUT2D eigenvalue weighted by Gasteiger charge is 2.28. The minimum Gasteiger partial charge on any atom is -0.377 e. The van der Waals surface area contributed by atoms with Crippen LogP contribution in [0, 0.1) is 0 Å². The Labute approximate surface area is 110 Å². The molecule has 2 aromatic heterocycles. The van der Waals surface area contributed by atoms with E-state index in [1.165, 1.54) is 4.88 Å². The molecule has 3 rings (SSSR count). The minimum atomic E-state index is 0.286. The van der Waals surface area contributed by atoms with Crippen LogP contribution in [0.5, 0.6) is 0 Å². The number of anilines is 1. The van der Waals surface area contributed by atoms with Gasteiger partial charge in [-0.1, -0.05) is 6.07 Å². The van der Waals surface area contributed by atoms with Gasteiger partial charge in [-0.25, -0.2) is 4.68 Å². The number of aromatic nitrogens is 3. The summed E-state index contributed by atoms with van der Waals surface area (Å²) in [5, 5.41) is 10.0. The molecule has 0 fully saturated rings. The van der Waals surface area contributed by atoms with Crippen LogP contribution < -0.4 is 5.32 Å². The Morgan fingerprint density at radius 1 is 1.61 bits per heavy atom. The summed E-state index contributed by atoms with van der Waals surface area (Å²) in [5.41, 5.74) is 0. The number of rotatable bonds is 3. The molecule has 0 saturated heterocycles. The van der Waals surface area contributed by atoms with Crippen LogP contribution in [0.3, 0.4) is 0 Å². The molecule has 0 unspecified atom stereocenters. The van der Waals surface area contributed by atoms with E-state index in [1.807, 2.05) is 4.68 Å². The van der Waals surface area contributed by atoms with E-state index in [1.54, 1.807) is 18.4 Å². The zero-order valence-corrected chi connectivity index (χ0v) is 11.3. The van der Waals surface area contributed by atoms with Crippen LogP contribution in [0.25, 0.3) is 0 Å². The van der Waals surface area contributed by atoms with E-state index in [0.29, 0.717) is 12.6 Å². The van der Waals surface area contributed by atoms with Crippen molar-refractivity contribution in [2.75, 3.05) is 12.4 Å². The SMILES string of the molecule is COCc1nc2n(n1)[C@@H](c1cccs1)C[C@H](C)N2. The van der Waals surface area contributed by atoms with Gasteiger partial charge in [0.25, 0.3) is 0 Å². The highest BCUT2D eigenvalue weighted by molar-refractivity contribution is 7.10. The molecule has 5 nitrogen and oxygen atoms in total. The average Bonchev–Trinajstić information content (AvgIpc) is 2.96. The maximum Gasteiger partial charge on any atom is 0.222 e. The first-order valence-corrected chi connectivity index (χ1v) is 6.90. The standard InChI is InChI=1S/C12H16N4OS/c1-8-6-9(10-4-3-5-18-10)16-12(13-8)14-11(15-16)7-17-2/h3-5,8-9H,6-7H2,1-2H3,(H,13,14,15)/t8-,9+/m0/s1. The number of ether oxygens (including phenoxy) is 1. The molecule has 18 heavy (non-hydrogen) atoms. The molecule has 0 aliphatic carbocycles. The lowest BCUT2D eigenvalue weighted by molar-refractivity contribution is 0.177. The Morgan fingerprint density at radius 3 is 3.22 bits per heavy atom. The maximum absolute atomic E-state index is 5.09. The van der Waals surface area contributed by atoms with Crippen molar-refractivity contribution in [1.29, 1.82) is 0 Å². The Balaban J connectivity index is 1.98. The zero-order valence-electron chi connectivity index (χ0n) is 10.5. The van der Waals surface area contributed by atoms with Crippen molar-refractivity contribution in [2.24, 2.45) is 0 Å². The van der Waals surface area contributed by atoms with Crippen LogP contribution in [-0.4, -0.2) is 27.9 Å². The van der Waals surface area contributed by atoms with Crippen molar-refractivity contribution in [2.45, 2.75) is 32.0 Å². The molecule has 0 saturated carbocycles. The second-order valence-electron chi connectivity index (χ2n) is 4.54. The number of thiophene rings is 1. The summed E-state index contributed by atoms with van der Waals surface area (Å²) in [6.45, 7) is 2.63. The summed E-state index contributed by atoms with van der Waals surface area (Å²) < 4.78 is 7.08. The second kappa shape index (κ2) is 4.70. The van der Waals surface area contributed by atoms with Gasteiger partial charge in [0.15, 0.2) is 5.82 Å². The first-order chi connectivity index (χ1) is 8.78. The number of hydrogen-bond donors (Lipinski definition) is 1. The summed E-state index contributed by atoms with van der Waals surface area (Å²) in [4.78, 5) is 5.80. The number of methoxy groups -OCH3 is 1. The number of fused-ring (bicyclic) bond motifs is 1. The van der Waals surface area contributed by atoms with Gasteiger partial charge in [-0.3, -0.25) is 0 Å². The van der Waals surface area contributed by atoms with Gasteiger partial charge in [0.2, 0.25) is 5.95 Å². The van der Waals surface area contributed by atoms with Crippen molar-refractivity contribution >= 4 is 17.3 Å². The van der Waals surface area contributed by atoms with Gasteiger partial charge in [-0.2, -0.15) is 10.1 Å². The summed E-state index contributed by atoms with van der Waals surface area (Å²) in [6, 6.07) is 4.94. The molecular weight excluding hydrogens is 248 g/mol. The molecule has 1 aliphatic heterocycles. The first kappa shape index (κ1) is 11.7. The second-order valence-corrected chi connectivity index (χ2v) is 5.52. The Bertz CT molecular complexity index is 522. The topological polar surface area (TPSA) is 52.0 Å². The quantitative estimate of drug-likeness (QED) is 0.924. The third-order valence-corrected chi connectivity index (χ3v) is 4.04. The highest BCUT2D eigenvalue weighted by atomic mass is 32.1. The third-order valence-electron chi connectivity index (χ3n) is 3.07. The molecule has 0 aromatic carbocycles. The van der Waals surface area contributed by atoms with Crippen molar-refractivity contribution in [3.8, 4) is 0 Å².